The molecule has 2 aromatic heterocycles. The summed E-state index contributed by atoms with van der Waals surface area (Å²) in [5, 5.41) is 28.3. The minimum atomic E-state index is -1.31. The molecule has 11 nitrogen and oxygen atoms in total. The second-order valence-corrected chi connectivity index (χ2v) is 4.62. The van der Waals surface area contributed by atoms with Crippen molar-refractivity contribution in [2.45, 2.75) is 24.5 Å². The molecule has 1 fully saturated rings. The molecule has 2 aromatic rings. The number of imidazole rings is 1. The molecule has 11 heteroatoms. The Labute approximate surface area is 116 Å². The number of aliphatic hydroxyl groups excluding tert-OH is 2. The van der Waals surface area contributed by atoms with Crippen LogP contribution in [0, 0.1) is 0 Å². The molecule has 3 rings (SSSR count). The van der Waals surface area contributed by atoms with Crippen LogP contribution in [0.4, 0.5) is 5.95 Å². The van der Waals surface area contributed by atoms with Gasteiger partial charge < -0.3 is 20.7 Å². The highest BCUT2D eigenvalue weighted by atomic mass is 17.1. The van der Waals surface area contributed by atoms with Gasteiger partial charge in [0.2, 0.25) is 5.95 Å². The summed E-state index contributed by atoms with van der Waals surface area (Å²) < 4.78 is 6.69. The number of hydrogen-bond acceptors (Lipinski definition) is 9. The number of H-pyrrole nitrogens is 1. The Morgan fingerprint density at radius 1 is 1.48 bits per heavy atom. The van der Waals surface area contributed by atoms with Gasteiger partial charge in [0.15, 0.2) is 17.4 Å². The highest BCUT2D eigenvalue weighted by Gasteiger charge is 2.44. The topological polar surface area (TPSA) is 169 Å². The third kappa shape index (κ3) is 2.16. The van der Waals surface area contributed by atoms with E-state index in [0.29, 0.717) is 0 Å². The lowest BCUT2D eigenvalue weighted by Crippen LogP contribution is -2.33. The normalized spacial score (nSPS) is 29.3. The van der Waals surface area contributed by atoms with Gasteiger partial charge in [-0.05, 0) is 0 Å². The standard InChI is InChI=1S/C10H13N5O6/c11-10-13-7-4(8(18)14-10)12-2-15(7)9-6(17)5(16)3(21-9)1-20-19/h2-3,5-6,9,16-17,19H,1H2,(H3,11,13,14,18)/t3-,5-,6-,9-/m1/s1. The van der Waals surface area contributed by atoms with Crippen molar-refractivity contribution in [2.75, 3.05) is 12.3 Å². The smallest absolute Gasteiger partial charge is 0.280 e. The minimum Gasteiger partial charge on any atom is -0.387 e. The zero-order chi connectivity index (χ0) is 15.1. The van der Waals surface area contributed by atoms with Crippen molar-refractivity contribution >= 4 is 17.1 Å². The third-order valence-electron chi connectivity index (χ3n) is 3.30. The van der Waals surface area contributed by atoms with E-state index < -0.39 is 30.1 Å². The quantitative estimate of drug-likeness (QED) is 0.312. The molecule has 0 unspecified atom stereocenters. The van der Waals surface area contributed by atoms with Crippen molar-refractivity contribution in [1.29, 1.82) is 0 Å². The van der Waals surface area contributed by atoms with Crippen LogP contribution in [-0.4, -0.2) is 59.9 Å². The summed E-state index contributed by atoms with van der Waals surface area (Å²) in [5.41, 5.74) is 5.08. The van der Waals surface area contributed by atoms with Gasteiger partial charge in [0.1, 0.15) is 24.9 Å². The Hall–Kier alpha value is -2.05. The van der Waals surface area contributed by atoms with Gasteiger partial charge in [0, 0.05) is 0 Å². The number of aromatic nitrogens is 4. The SMILES string of the molecule is Nc1nc2c(ncn2[C@@H]2O[C@H](COO)[C@@H](O)[C@H]2O)c(=O)[nH]1. The fraction of sp³-hybridized carbons (Fsp3) is 0.500. The summed E-state index contributed by atoms with van der Waals surface area (Å²) in [6.45, 7) is -0.322. The van der Waals surface area contributed by atoms with E-state index in [2.05, 4.69) is 19.8 Å². The third-order valence-corrected chi connectivity index (χ3v) is 3.30. The largest absolute Gasteiger partial charge is 0.387 e. The zero-order valence-electron chi connectivity index (χ0n) is 10.6. The second kappa shape index (κ2) is 5.05. The fourth-order valence-corrected chi connectivity index (χ4v) is 2.30. The number of aromatic amines is 1. The maximum absolute atomic E-state index is 11.7. The predicted molar refractivity (Wildman–Crippen MR) is 67.1 cm³/mol. The van der Waals surface area contributed by atoms with Gasteiger partial charge in [-0.15, -0.1) is 0 Å². The lowest BCUT2D eigenvalue weighted by Gasteiger charge is -2.16. The first-order valence-electron chi connectivity index (χ1n) is 6.03. The number of nitrogens with two attached hydrogens (primary N) is 1. The van der Waals surface area contributed by atoms with Crippen molar-refractivity contribution < 1.29 is 25.1 Å². The van der Waals surface area contributed by atoms with E-state index in [1.807, 2.05) is 0 Å². The molecular formula is C10H13N5O6. The van der Waals surface area contributed by atoms with Crippen LogP contribution in [0.1, 0.15) is 6.23 Å². The second-order valence-electron chi connectivity index (χ2n) is 4.62. The Morgan fingerprint density at radius 2 is 2.24 bits per heavy atom. The Bertz CT molecular complexity index is 714. The molecule has 4 atom stereocenters. The Balaban J connectivity index is 2.03. The molecule has 3 heterocycles. The molecule has 1 saturated heterocycles. The molecular weight excluding hydrogens is 286 g/mol. The van der Waals surface area contributed by atoms with Gasteiger partial charge in [-0.3, -0.25) is 19.6 Å². The Kier molecular flexibility index (Phi) is 3.35. The number of nitrogen functional groups attached to an aromatic ring is 1. The first-order valence-corrected chi connectivity index (χ1v) is 6.03. The molecule has 0 amide bonds. The summed E-state index contributed by atoms with van der Waals surface area (Å²) in [7, 11) is 0. The van der Waals surface area contributed by atoms with E-state index in [0.717, 1.165) is 0 Å². The number of nitrogens with one attached hydrogen (secondary N) is 1. The van der Waals surface area contributed by atoms with Crippen LogP contribution >= 0.6 is 0 Å². The molecule has 0 spiro atoms. The molecule has 1 aliphatic rings. The molecule has 0 saturated carbocycles. The highest BCUT2D eigenvalue weighted by Crippen LogP contribution is 2.31. The number of fused-ring (bicyclic) bond motifs is 1. The average Bonchev–Trinajstić information content (AvgIpc) is 2.96. The number of rotatable bonds is 3. The molecule has 1 aliphatic heterocycles. The number of hydrogen-bond donors (Lipinski definition) is 5. The lowest BCUT2D eigenvalue weighted by atomic mass is 10.1. The lowest BCUT2D eigenvalue weighted by molar-refractivity contribution is -0.264. The van der Waals surface area contributed by atoms with Crippen LogP contribution in [0.5, 0.6) is 0 Å². The van der Waals surface area contributed by atoms with Crippen molar-refractivity contribution in [3.63, 3.8) is 0 Å². The van der Waals surface area contributed by atoms with Gasteiger partial charge in [0.25, 0.3) is 5.56 Å². The molecule has 21 heavy (non-hydrogen) atoms. The number of aliphatic hydroxyl groups is 2. The average molecular weight is 299 g/mol. The fourth-order valence-electron chi connectivity index (χ4n) is 2.30. The monoisotopic (exact) mass is 299 g/mol. The van der Waals surface area contributed by atoms with E-state index in [9.17, 15) is 15.0 Å². The molecule has 0 aromatic carbocycles. The van der Waals surface area contributed by atoms with E-state index in [1.165, 1.54) is 10.9 Å². The van der Waals surface area contributed by atoms with Crippen LogP contribution in [0.25, 0.3) is 11.2 Å². The highest BCUT2D eigenvalue weighted by molar-refractivity contribution is 5.70. The molecule has 0 bridgehead atoms. The van der Waals surface area contributed by atoms with Gasteiger partial charge in [0.05, 0.1) is 6.33 Å². The maximum Gasteiger partial charge on any atom is 0.280 e. The summed E-state index contributed by atoms with van der Waals surface area (Å²) in [6.07, 6.45) is -3.33. The summed E-state index contributed by atoms with van der Waals surface area (Å²) in [5.74, 6) is -0.113. The van der Waals surface area contributed by atoms with Gasteiger partial charge >= 0.3 is 0 Å². The predicted octanol–water partition coefficient (Wildman–Crippen LogP) is -2.19. The number of ether oxygens (including phenoxy) is 1. The summed E-state index contributed by atoms with van der Waals surface area (Å²) >= 11 is 0. The van der Waals surface area contributed by atoms with Crippen molar-refractivity contribution in [1.82, 2.24) is 19.5 Å². The number of anilines is 1. The van der Waals surface area contributed by atoms with Gasteiger partial charge in [-0.25, -0.2) is 9.87 Å². The van der Waals surface area contributed by atoms with E-state index >= 15 is 0 Å². The van der Waals surface area contributed by atoms with Crippen LogP contribution in [0.2, 0.25) is 0 Å². The van der Waals surface area contributed by atoms with Crippen LogP contribution in [-0.2, 0) is 9.62 Å². The molecule has 114 valence electrons. The van der Waals surface area contributed by atoms with E-state index in [1.54, 1.807) is 0 Å². The van der Waals surface area contributed by atoms with Crippen molar-refractivity contribution in [3.8, 4) is 0 Å². The first-order chi connectivity index (χ1) is 10.0. The van der Waals surface area contributed by atoms with Crippen molar-refractivity contribution in [3.05, 3.63) is 16.7 Å². The van der Waals surface area contributed by atoms with Crippen LogP contribution < -0.4 is 11.3 Å². The van der Waals surface area contributed by atoms with Crippen molar-refractivity contribution in [2.24, 2.45) is 0 Å². The Morgan fingerprint density at radius 3 is 2.95 bits per heavy atom. The minimum absolute atomic E-state index is 0.0244. The molecule has 6 N–H and O–H groups in total. The first kappa shape index (κ1) is 13.9. The summed E-state index contributed by atoms with van der Waals surface area (Å²) in [4.78, 5) is 25.7. The van der Waals surface area contributed by atoms with Gasteiger partial charge in [-0.2, -0.15) is 4.98 Å². The van der Waals surface area contributed by atoms with E-state index in [-0.39, 0.29) is 23.7 Å². The maximum atomic E-state index is 11.7. The zero-order valence-corrected chi connectivity index (χ0v) is 10.6. The van der Waals surface area contributed by atoms with Crippen LogP contribution in [0.15, 0.2) is 11.1 Å². The van der Waals surface area contributed by atoms with E-state index in [4.69, 9.17) is 15.7 Å². The summed E-state index contributed by atoms with van der Waals surface area (Å²) in [6, 6.07) is 0. The molecule has 0 aliphatic carbocycles. The molecule has 0 radical (unpaired) electrons. The van der Waals surface area contributed by atoms with Crippen LogP contribution in [0.3, 0.4) is 0 Å². The number of nitrogens with zero attached hydrogens (tertiary/aromatic N) is 3. The van der Waals surface area contributed by atoms with Gasteiger partial charge in [-0.1, -0.05) is 0 Å².